The molecule has 3 aromatic rings. The van der Waals surface area contributed by atoms with Gasteiger partial charge in [-0.15, -0.1) is 0 Å². The summed E-state index contributed by atoms with van der Waals surface area (Å²) in [5.74, 6) is -0.149. The third kappa shape index (κ3) is 3.74. The Bertz CT molecular complexity index is 963. The Morgan fingerprint density at radius 3 is 2.79 bits per heavy atom. The van der Waals surface area contributed by atoms with Gasteiger partial charge in [-0.05, 0) is 54.6 Å². The second-order valence-electron chi connectivity index (χ2n) is 5.73. The molecular weight excluding hydrogens is 368 g/mol. The molecule has 0 unspecified atom stereocenters. The topological polar surface area (TPSA) is 62.0 Å². The number of hydrogen-bond acceptors (Lipinski definition) is 2. The van der Waals surface area contributed by atoms with Crippen molar-refractivity contribution in [3.63, 3.8) is 0 Å². The minimum absolute atomic E-state index is 0.107. The maximum atomic E-state index is 12.2. The summed E-state index contributed by atoms with van der Waals surface area (Å²) >= 11 is 3.35. The van der Waals surface area contributed by atoms with Crippen molar-refractivity contribution in [3.8, 4) is 0 Å². The second-order valence-corrected chi connectivity index (χ2v) is 6.65. The summed E-state index contributed by atoms with van der Waals surface area (Å²) in [5.41, 5.74) is 3.09. The molecule has 0 saturated heterocycles. The van der Waals surface area contributed by atoms with Crippen LogP contribution < -0.4 is 10.9 Å². The molecule has 122 valence electrons. The summed E-state index contributed by atoms with van der Waals surface area (Å²) in [4.78, 5) is 27.2. The summed E-state index contributed by atoms with van der Waals surface area (Å²) in [6.45, 7) is 2.40. The van der Waals surface area contributed by atoms with Gasteiger partial charge < -0.3 is 10.3 Å². The number of aromatic nitrogens is 1. The Kier molecular flexibility index (Phi) is 4.81. The predicted molar refractivity (Wildman–Crippen MR) is 99.5 cm³/mol. The van der Waals surface area contributed by atoms with Crippen LogP contribution in [0.15, 0.2) is 57.8 Å². The lowest BCUT2D eigenvalue weighted by Gasteiger charge is -2.07. The highest BCUT2D eigenvalue weighted by Crippen LogP contribution is 2.13. The van der Waals surface area contributed by atoms with Crippen molar-refractivity contribution in [2.75, 3.05) is 6.54 Å². The van der Waals surface area contributed by atoms with E-state index in [9.17, 15) is 9.59 Å². The molecule has 4 nitrogen and oxygen atoms in total. The number of H-pyrrole nitrogens is 1. The molecule has 5 heteroatoms. The summed E-state index contributed by atoms with van der Waals surface area (Å²) in [6, 6.07) is 15.0. The van der Waals surface area contributed by atoms with E-state index in [0.29, 0.717) is 24.1 Å². The van der Waals surface area contributed by atoms with Gasteiger partial charge in [-0.3, -0.25) is 9.59 Å². The molecule has 1 heterocycles. The van der Waals surface area contributed by atoms with Gasteiger partial charge in [-0.25, -0.2) is 0 Å². The van der Waals surface area contributed by atoms with Crippen molar-refractivity contribution in [1.82, 2.24) is 10.3 Å². The fraction of sp³-hybridized carbons (Fsp3) is 0.158. The van der Waals surface area contributed by atoms with Crippen LogP contribution in [0.2, 0.25) is 0 Å². The van der Waals surface area contributed by atoms with Crippen LogP contribution in [0.25, 0.3) is 10.9 Å². The van der Waals surface area contributed by atoms with Crippen LogP contribution in [0.3, 0.4) is 0 Å². The fourth-order valence-corrected chi connectivity index (χ4v) is 2.99. The standard InChI is InChI=1S/C19H17BrN2O2/c1-12-5-6-13-10-15(19(24)22-17(13)9-12)7-8-21-18(23)14-3-2-4-16(20)11-14/h2-6,9-11H,7-8H2,1H3,(H,21,23)(H,22,24). The molecule has 3 rings (SSSR count). The molecule has 0 spiro atoms. The quantitative estimate of drug-likeness (QED) is 0.721. The monoisotopic (exact) mass is 384 g/mol. The number of aryl methyl sites for hydroxylation is 1. The lowest BCUT2D eigenvalue weighted by Crippen LogP contribution is -2.27. The first kappa shape index (κ1) is 16.5. The SMILES string of the molecule is Cc1ccc2cc(CCNC(=O)c3cccc(Br)c3)c(=O)[nH]c2c1. The Labute approximate surface area is 148 Å². The molecule has 0 aliphatic carbocycles. The largest absolute Gasteiger partial charge is 0.352 e. The zero-order valence-electron chi connectivity index (χ0n) is 13.2. The predicted octanol–water partition coefficient (Wildman–Crippen LogP) is 3.57. The number of fused-ring (bicyclic) bond motifs is 1. The number of pyridine rings is 1. The first-order valence-corrected chi connectivity index (χ1v) is 8.48. The van der Waals surface area contributed by atoms with E-state index in [2.05, 4.69) is 26.2 Å². The zero-order valence-corrected chi connectivity index (χ0v) is 14.8. The number of benzene rings is 2. The molecule has 0 fully saturated rings. The number of nitrogens with one attached hydrogen (secondary N) is 2. The first-order chi connectivity index (χ1) is 11.5. The summed E-state index contributed by atoms with van der Waals surface area (Å²) in [7, 11) is 0. The second kappa shape index (κ2) is 7.01. The minimum Gasteiger partial charge on any atom is -0.352 e. The van der Waals surface area contributed by atoms with Crippen LogP contribution >= 0.6 is 15.9 Å². The molecule has 2 N–H and O–H groups in total. The highest BCUT2D eigenvalue weighted by molar-refractivity contribution is 9.10. The molecule has 0 aliphatic heterocycles. The Balaban J connectivity index is 1.69. The van der Waals surface area contributed by atoms with Gasteiger partial charge in [0.2, 0.25) is 0 Å². The maximum Gasteiger partial charge on any atom is 0.251 e. The Hall–Kier alpha value is -2.40. The van der Waals surface area contributed by atoms with Crippen LogP contribution in [0.5, 0.6) is 0 Å². The Morgan fingerprint density at radius 2 is 2.00 bits per heavy atom. The number of aromatic amines is 1. The van der Waals surface area contributed by atoms with Crippen molar-refractivity contribution in [2.45, 2.75) is 13.3 Å². The number of amides is 1. The van der Waals surface area contributed by atoms with Gasteiger partial charge in [0.15, 0.2) is 0 Å². The average molecular weight is 385 g/mol. The number of halogens is 1. The van der Waals surface area contributed by atoms with Crippen molar-refractivity contribution in [3.05, 3.63) is 80.0 Å². The van der Waals surface area contributed by atoms with Gasteiger partial charge in [0.05, 0.1) is 0 Å². The summed E-state index contributed by atoms with van der Waals surface area (Å²) in [6.07, 6.45) is 0.485. The van der Waals surface area contributed by atoms with Gasteiger partial charge >= 0.3 is 0 Å². The summed E-state index contributed by atoms with van der Waals surface area (Å²) < 4.78 is 0.858. The van der Waals surface area contributed by atoms with Crippen LogP contribution in [-0.2, 0) is 6.42 Å². The molecule has 0 bridgehead atoms. The van der Waals surface area contributed by atoms with Crippen molar-refractivity contribution < 1.29 is 4.79 Å². The molecular formula is C19H17BrN2O2. The van der Waals surface area contributed by atoms with Crippen molar-refractivity contribution in [1.29, 1.82) is 0 Å². The third-order valence-corrected chi connectivity index (χ3v) is 4.34. The van der Waals surface area contributed by atoms with Gasteiger partial charge in [-0.1, -0.05) is 34.1 Å². The Morgan fingerprint density at radius 1 is 1.17 bits per heavy atom. The number of carbonyl (C=O) groups is 1. The number of hydrogen-bond donors (Lipinski definition) is 2. The molecule has 0 aliphatic rings. The van der Waals surface area contributed by atoms with E-state index in [1.165, 1.54) is 0 Å². The van der Waals surface area contributed by atoms with Gasteiger partial charge in [0.25, 0.3) is 11.5 Å². The average Bonchev–Trinajstić information content (AvgIpc) is 2.55. The molecule has 24 heavy (non-hydrogen) atoms. The highest BCUT2D eigenvalue weighted by atomic mass is 79.9. The van der Waals surface area contributed by atoms with Crippen molar-refractivity contribution >= 4 is 32.7 Å². The lowest BCUT2D eigenvalue weighted by atomic mass is 10.1. The van der Waals surface area contributed by atoms with Gasteiger partial charge in [-0.2, -0.15) is 0 Å². The normalized spacial score (nSPS) is 10.8. The van der Waals surface area contributed by atoms with Crippen molar-refractivity contribution in [2.24, 2.45) is 0 Å². The zero-order chi connectivity index (χ0) is 17.1. The highest BCUT2D eigenvalue weighted by Gasteiger charge is 2.07. The van der Waals surface area contributed by atoms with E-state index in [0.717, 1.165) is 20.9 Å². The lowest BCUT2D eigenvalue weighted by molar-refractivity contribution is 0.0954. The molecule has 0 radical (unpaired) electrons. The van der Waals surface area contributed by atoms with Gasteiger partial charge in [0, 0.05) is 27.7 Å². The van der Waals surface area contributed by atoms with Crippen LogP contribution in [0.4, 0.5) is 0 Å². The van der Waals surface area contributed by atoms with E-state index in [1.54, 1.807) is 12.1 Å². The third-order valence-electron chi connectivity index (χ3n) is 3.85. The number of rotatable bonds is 4. The van der Waals surface area contributed by atoms with Crippen LogP contribution in [0.1, 0.15) is 21.5 Å². The minimum atomic E-state index is -0.149. The van der Waals surface area contributed by atoms with E-state index in [4.69, 9.17) is 0 Å². The molecule has 1 aromatic heterocycles. The molecule has 2 aromatic carbocycles. The molecule has 0 atom stereocenters. The van der Waals surface area contributed by atoms with E-state index in [1.807, 2.05) is 43.3 Å². The molecule has 1 amide bonds. The van der Waals surface area contributed by atoms with Gasteiger partial charge in [0.1, 0.15) is 0 Å². The van der Waals surface area contributed by atoms with Crippen LogP contribution in [-0.4, -0.2) is 17.4 Å². The first-order valence-electron chi connectivity index (χ1n) is 7.69. The smallest absolute Gasteiger partial charge is 0.251 e. The number of carbonyl (C=O) groups excluding carboxylic acids is 1. The summed E-state index contributed by atoms with van der Waals surface area (Å²) in [5, 5.41) is 3.84. The maximum absolute atomic E-state index is 12.2. The van der Waals surface area contributed by atoms with E-state index >= 15 is 0 Å². The van der Waals surface area contributed by atoms with E-state index in [-0.39, 0.29) is 11.5 Å². The fourth-order valence-electron chi connectivity index (χ4n) is 2.59. The van der Waals surface area contributed by atoms with Crippen LogP contribution in [0, 0.1) is 6.92 Å². The molecule has 0 saturated carbocycles. The van der Waals surface area contributed by atoms with E-state index < -0.39 is 0 Å².